The third-order valence-electron chi connectivity index (χ3n) is 2.36. The highest BCUT2D eigenvalue weighted by atomic mass is 19.1. The molecule has 0 aromatic heterocycles. The minimum Gasteiger partial charge on any atom is -0.478 e. The zero-order valence-electron chi connectivity index (χ0n) is 9.56. The Hall–Kier alpha value is -2.63. The van der Waals surface area contributed by atoms with Gasteiger partial charge in [-0.3, -0.25) is 0 Å². The van der Waals surface area contributed by atoms with Crippen molar-refractivity contribution in [2.24, 2.45) is 0 Å². The van der Waals surface area contributed by atoms with E-state index in [2.05, 4.69) is 0 Å². The molecule has 0 amide bonds. The Balaban J connectivity index is 2.40. The second-order valence-electron chi connectivity index (χ2n) is 3.73. The van der Waals surface area contributed by atoms with Crippen molar-refractivity contribution >= 4 is 11.7 Å². The number of carboxylic acids is 1. The standard InChI is InChI=1S/C13H9F2NO3/c14-7-2-1-3-8(4-7)19-12-5-9(13(17)18)11(16)6-10(12)15/h1-6H,16H2,(H,17,18). The highest BCUT2D eigenvalue weighted by Crippen LogP contribution is 2.28. The molecule has 6 heteroatoms. The van der Waals surface area contributed by atoms with Crippen LogP contribution in [0.4, 0.5) is 14.5 Å². The van der Waals surface area contributed by atoms with E-state index in [1.807, 2.05) is 0 Å². The Morgan fingerprint density at radius 1 is 1.21 bits per heavy atom. The Kier molecular flexibility index (Phi) is 3.33. The molecular formula is C13H9F2NO3. The highest BCUT2D eigenvalue weighted by molar-refractivity contribution is 5.94. The molecule has 4 nitrogen and oxygen atoms in total. The Labute approximate surface area is 107 Å². The molecule has 2 rings (SSSR count). The van der Waals surface area contributed by atoms with Crippen molar-refractivity contribution < 1.29 is 23.4 Å². The summed E-state index contributed by atoms with van der Waals surface area (Å²) in [5, 5.41) is 8.87. The van der Waals surface area contributed by atoms with Gasteiger partial charge in [-0.2, -0.15) is 0 Å². The lowest BCUT2D eigenvalue weighted by molar-refractivity contribution is 0.0697. The second kappa shape index (κ2) is 4.93. The molecule has 0 aliphatic carbocycles. The fourth-order valence-corrected chi connectivity index (χ4v) is 1.49. The first-order valence-electron chi connectivity index (χ1n) is 5.23. The maximum atomic E-state index is 13.6. The Morgan fingerprint density at radius 3 is 2.58 bits per heavy atom. The fourth-order valence-electron chi connectivity index (χ4n) is 1.49. The largest absolute Gasteiger partial charge is 0.478 e. The van der Waals surface area contributed by atoms with E-state index in [0.717, 1.165) is 18.2 Å². The number of carbonyl (C=O) groups is 1. The molecule has 0 aliphatic rings. The quantitative estimate of drug-likeness (QED) is 0.836. The minimum atomic E-state index is -1.30. The van der Waals surface area contributed by atoms with Crippen molar-refractivity contribution in [2.75, 3.05) is 5.73 Å². The van der Waals surface area contributed by atoms with Crippen LogP contribution in [0.15, 0.2) is 36.4 Å². The van der Waals surface area contributed by atoms with Crippen molar-refractivity contribution in [1.29, 1.82) is 0 Å². The zero-order chi connectivity index (χ0) is 14.0. The third kappa shape index (κ3) is 2.79. The van der Waals surface area contributed by atoms with Gasteiger partial charge >= 0.3 is 5.97 Å². The first kappa shape index (κ1) is 12.8. The number of nitrogens with two attached hydrogens (primary N) is 1. The number of aromatic carboxylic acids is 1. The van der Waals surface area contributed by atoms with Gasteiger partial charge in [0.25, 0.3) is 0 Å². The molecule has 3 N–H and O–H groups in total. The van der Waals surface area contributed by atoms with Gasteiger partial charge < -0.3 is 15.6 Å². The van der Waals surface area contributed by atoms with Crippen LogP contribution in [0.3, 0.4) is 0 Å². The summed E-state index contributed by atoms with van der Waals surface area (Å²) in [6, 6.07) is 6.86. The molecule has 0 fully saturated rings. The lowest BCUT2D eigenvalue weighted by Gasteiger charge is -2.09. The summed E-state index contributed by atoms with van der Waals surface area (Å²) in [5.41, 5.74) is 4.88. The van der Waals surface area contributed by atoms with E-state index in [0.29, 0.717) is 0 Å². The summed E-state index contributed by atoms with van der Waals surface area (Å²) >= 11 is 0. The molecule has 0 spiro atoms. The van der Waals surface area contributed by atoms with Crippen LogP contribution in [0.1, 0.15) is 10.4 Å². The Bertz CT molecular complexity index is 644. The van der Waals surface area contributed by atoms with Gasteiger partial charge in [-0.05, 0) is 12.1 Å². The van der Waals surface area contributed by atoms with Crippen LogP contribution in [0.25, 0.3) is 0 Å². The van der Waals surface area contributed by atoms with Crippen LogP contribution in [0.2, 0.25) is 0 Å². The number of rotatable bonds is 3. The van der Waals surface area contributed by atoms with E-state index in [1.165, 1.54) is 18.2 Å². The molecule has 0 unspecified atom stereocenters. The molecule has 0 saturated carbocycles. The molecule has 0 bridgehead atoms. The molecular weight excluding hydrogens is 256 g/mol. The number of anilines is 1. The molecule has 98 valence electrons. The normalized spacial score (nSPS) is 10.2. The van der Waals surface area contributed by atoms with Crippen LogP contribution >= 0.6 is 0 Å². The molecule has 0 radical (unpaired) electrons. The monoisotopic (exact) mass is 265 g/mol. The maximum absolute atomic E-state index is 13.6. The summed E-state index contributed by atoms with van der Waals surface area (Å²) in [6.07, 6.45) is 0. The maximum Gasteiger partial charge on any atom is 0.337 e. The fraction of sp³-hybridized carbons (Fsp3) is 0. The first-order chi connectivity index (χ1) is 8.97. The van der Waals surface area contributed by atoms with Crippen LogP contribution in [0.5, 0.6) is 11.5 Å². The summed E-state index contributed by atoms with van der Waals surface area (Å²) in [4.78, 5) is 10.9. The summed E-state index contributed by atoms with van der Waals surface area (Å²) in [5.74, 6) is -2.96. The minimum absolute atomic E-state index is 0.0556. The van der Waals surface area contributed by atoms with Gasteiger partial charge in [0.2, 0.25) is 0 Å². The summed E-state index contributed by atoms with van der Waals surface area (Å²) < 4.78 is 31.6. The van der Waals surface area contributed by atoms with Crippen LogP contribution in [-0.2, 0) is 0 Å². The first-order valence-corrected chi connectivity index (χ1v) is 5.23. The SMILES string of the molecule is Nc1cc(F)c(Oc2cccc(F)c2)cc1C(=O)O. The van der Waals surface area contributed by atoms with Crippen LogP contribution in [0, 0.1) is 11.6 Å². The van der Waals surface area contributed by atoms with Gasteiger partial charge in [0.15, 0.2) is 11.6 Å². The van der Waals surface area contributed by atoms with Gasteiger partial charge in [0, 0.05) is 23.9 Å². The van der Waals surface area contributed by atoms with E-state index < -0.39 is 17.6 Å². The number of hydrogen-bond donors (Lipinski definition) is 2. The average Bonchev–Trinajstić information content (AvgIpc) is 2.32. The molecule has 19 heavy (non-hydrogen) atoms. The predicted molar refractivity (Wildman–Crippen MR) is 64.2 cm³/mol. The van der Waals surface area contributed by atoms with E-state index in [9.17, 15) is 13.6 Å². The van der Waals surface area contributed by atoms with Crippen molar-refractivity contribution in [2.45, 2.75) is 0 Å². The second-order valence-corrected chi connectivity index (χ2v) is 3.73. The van der Waals surface area contributed by atoms with Crippen molar-refractivity contribution in [3.05, 3.63) is 53.6 Å². The van der Waals surface area contributed by atoms with E-state index >= 15 is 0 Å². The van der Waals surface area contributed by atoms with Crippen LogP contribution in [-0.4, -0.2) is 11.1 Å². The van der Waals surface area contributed by atoms with Crippen molar-refractivity contribution in [3.63, 3.8) is 0 Å². The van der Waals surface area contributed by atoms with Gasteiger partial charge in [0.1, 0.15) is 11.6 Å². The number of ether oxygens (including phenoxy) is 1. The van der Waals surface area contributed by atoms with E-state index in [-0.39, 0.29) is 22.7 Å². The van der Waals surface area contributed by atoms with Gasteiger partial charge in [-0.1, -0.05) is 6.07 Å². The van der Waals surface area contributed by atoms with E-state index in [4.69, 9.17) is 15.6 Å². The molecule has 2 aromatic carbocycles. The number of hydrogen-bond acceptors (Lipinski definition) is 3. The van der Waals surface area contributed by atoms with Gasteiger partial charge in [0.05, 0.1) is 5.56 Å². The number of halogens is 2. The molecule has 2 aromatic rings. The Morgan fingerprint density at radius 2 is 1.95 bits per heavy atom. The number of carboxylic acid groups (broad SMARTS) is 1. The summed E-state index contributed by atoms with van der Waals surface area (Å²) in [7, 11) is 0. The smallest absolute Gasteiger partial charge is 0.337 e. The lowest BCUT2D eigenvalue weighted by atomic mass is 10.1. The van der Waals surface area contributed by atoms with Gasteiger partial charge in [-0.25, -0.2) is 13.6 Å². The molecule has 0 atom stereocenters. The molecule has 0 aliphatic heterocycles. The predicted octanol–water partition coefficient (Wildman–Crippen LogP) is 3.04. The van der Waals surface area contributed by atoms with Crippen molar-refractivity contribution in [1.82, 2.24) is 0 Å². The summed E-state index contributed by atoms with van der Waals surface area (Å²) in [6.45, 7) is 0. The number of nitrogen functional groups attached to an aromatic ring is 1. The van der Waals surface area contributed by atoms with E-state index in [1.54, 1.807) is 0 Å². The third-order valence-corrected chi connectivity index (χ3v) is 2.36. The topological polar surface area (TPSA) is 72.5 Å². The number of benzene rings is 2. The average molecular weight is 265 g/mol. The lowest BCUT2D eigenvalue weighted by Crippen LogP contribution is -2.04. The highest BCUT2D eigenvalue weighted by Gasteiger charge is 2.14. The van der Waals surface area contributed by atoms with Gasteiger partial charge in [-0.15, -0.1) is 0 Å². The molecule has 0 heterocycles. The molecule has 0 saturated heterocycles. The van der Waals surface area contributed by atoms with Crippen LogP contribution < -0.4 is 10.5 Å². The van der Waals surface area contributed by atoms with Crippen molar-refractivity contribution in [3.8, 4) is 11.5 Å². The zero-order valence-corrected chi connectivity index (χ0v) is 9.56.